The third kappa shape index (κ3) is 3.64. The lowest BCUT2D eigenvalue weighted by molar-refractivity contribution is -0.291. The van der Waals surface area contributed by atoms with Crippen molar-refractivity contribution in [3.05, 3.63) is 29.8 Å². The molecule has 1 aromatic rings. The van der Waals surface area contributed by atoms with Crippen LogP contribution in [-0.4, -0.2) is 90.3 Å². The lowest BCUT2D eigenvalue weighted by Crippen LogP contribution is -2.63. The van der Waals surface area contributed by atoms with Gasteiger partial charge in [0.1, 0.15) is 24.4 Å². The molecule has 7 N–H and O–H groups in total. The van der Waals surface area contributed by atoms with Crippen LogP contribution in [0.3, 0.4) is 0 Å². The van der Waals surface area contributed by atoms with Gasteiger partial charge in [0.2, 0.25) is 6.29 Å². The molecule has 2 heterocycles. The standard InChI is InChI=1S/C17H18O12/c18-7-3-1-6(5-8(7)19)2-4-9(20)27-15(24)13-12-10(21)11(22)14(23)17(28-12,29-13)16(25)26/h1-5,10-15,18-19,21-24H,(H,25,26)/b4-2+/t10-,11-,12+,13?,14?,15?,17+/m1/s1. The average Bonchev–Trinajstić information content (AvgIpc) is 3.06. The number of aromatic hydroxyl groups is 2. The summed E-state index contributed by atoms with van der Waals surface area (Å²) < 4.78 is 14.8. The molecule has 7 atom stereocenters. The normalized spacial score (nSPS) is 34.8. The number of aliphatic hydroxyl groups is 4. The van der Waals surface area contributed by atoms with E-state index in [1.807, 2.05) is 0 Å². The van der Waals surface area contributed by atoms with Crippen molar-refractivity contribution in [1.29, 1.82) is 0 Å². The van der Waals surface area contributed by atoms with Crippen LogP contribution in [0.1, 0.15) is 5.56 Å². The molecule has 0 spiro atoms. The fourth-order valence-electron chi connectivity index (χ4n) is 3.06. The van der Waals surface area contributed by atoms with Crippen molar-refractivity contribution in [2.75, 3.05) is 0 Å². The Kier molecular flexibility index (Phi) is 5.49. The molecular formula is C17H18O12. The number of carboxylic acids is 1. The van der Waals surface area contributed by atoms with Crippen LogP contribution in [0.15, 0.2) is 24.3 Å². The Morgan fingerprint density at radius 3 is 2.41 bits per heavy atom. The molecule has 0 radical (unpaired) electrons. The third-order valence-corrected chi connectivity index (χ3v) is 4.57. The molecule has 0 aliphatic carbocycles. The highest BCUT2D eigenvalue weighted by Crippen LogP contribution is 2.42. The summed E-state index contributed by atoms with van der Waals surface area (Å²) in [4.78, 5) is 23.4. The Balaban J connectivity index is 1.71. The van der Waals surface area contributed by atoms with Crippen LogP contribution in [0, 0.1) is 0 Å². The zero-order chi connectivity index (χ0) is 21.5. The number of aliphatic carboxylic acids is 1. The fourth-order valence-corrected chi connectivity index (χ4v) is 3.06. The zero-order valence-corrected chi connectivity index (χ0v) is 14.5. The second-order valence-corrected chi connectivity index (χ2v) is 6.47. The van der Waals surface area contributed by atoms with Gasteiger partial charge in [-0.05, 0) is 23.8 Å². The first-order valence-electron chi connectivity index (χ1n) is 8.29. The van der Waals surface area contributed by atoms with E-state index in [0.717, 1.165) is 12.1 Å². The van der Waals surface area contributed by atoms with Gasteiger partial charge >= 0.3 is 11.9 Å². The van der Waals surface area contributed by atoms with Gasteiger partial charge in [0.25, 0.3) is 5.79 Å². The smallest absolute Gasteiger partial charge is 0.367 e. The molecule has 158 valence electrons. The van der Waals surface area contributed by atoms with Crippen LogP contribution < -0.4 is 0 Å². The number of benzene rings is 1. The van der Waals surface area contributed by atoms with E-state index in [1.165, 1.54) is 18.2 Å². The van der Waals surface area contributed by atoms with E-state index in [4.69, 9.17) is 14.2 Å². The summed E-state index contributed by atoms with van der Waals surface area (Å²) in [6.45, 7) is 0. The number of aliphatic hydroxyl groups excluding tert-OH is 4. The number of hydrogen-bond donors (Lipinski definition) is 7. The minimum absolute atomic E-state index is 0.314. The van der Waals surface area contributed by atoms with E-state index in [1.54, 1.807) is 0 Å². The van der Waals surface area contributed by atoms with Crippen LogP contribution in [0.2, 0.25) is 0 Å². The molecule has 0 saturated carbocycles. The summed E-state index contributed by atoms with van der Waals surface area (Å²) in [6, 6.07) is 3.72. The van der Waals surface area contributed by atoms with Crippen molar-refractivity contribution < 1.29 is 59.5 Å². The molecule has 3 rings (SSSR count). The van der Waals surface area contributed by atoms with Crippen LogP contribution >= 0.6 is 0 Å². The number of esters is 1. The predicted molar refractivity (Wildman–Crippen MR) is 89.0 cm³/mol. The van der Waals surface area contributed by atoms with Crippen LogP contribution in [0.25, 0.3) is 6.08 Å². The number of hydrogen-bond acceptors (Lipinski definition) is 11. The number of rotatable bonds is 5. The lowest BCUT2D eigenvalue weighted by Gasteiger charge is -2.38. The molecule has 12 heteroatoms. The average molecular weight is 414 g/mol. The Labute approximate surface area is 162 Å². The van der Waals surface area contributed by atoms with E-state index in [-0.39, 0.29) is 5.75 Å². The van der Waals surface area contributed by atoms with Crippen LogP contribution in [0.5, 0.6) is 11.5 Å². The maximum Gasteiger partial charge on any atom is 0.367 e. The number of carbonyl (C=O) groups is 2. The minimum Gasteiger partial charge on any atom is -0.504 e. The first-order chi connectivity index (χ1) is 13.6. The lowest BCUT2D eigenvalue weighted by atomic mass is 9.93. The first kappa shape index (κ1) is 21.0. The minimum atomic E-state index is -2.75. The van der Waals surface area contributed by atoms with Gasteiger partial charge in [-0.25, -0.2) is 9.59 Å². The molecular weight excluding hydrogens is 396 g/mol. The molecule has 2 bridgehead atoms. The maximum atomic E-state index is 11.9. The molecule has 0 amide bonds. The molecule has 1 aromatic carbocycles. The van der Waals surface area contributed by atoms with E-state index < -0.39 is 60.3 Å². The van der Waals surface area contributed by atoms with Crippen molar-refractivity contribution in [1.82, 2.24) is 0 Å². The highest BCUT2D eigenvalue weighted by atomic mass is 16.8. The Hall–Kier alpha value is -2.74. The topological polar surface area (TPSA) is 203 Å². The Morgan fingerprint density at radius 1 is 1.10 bits per heavy atom. The largest absolute Gasteiger partial charge is 0.504 e. The third-order valence-electron chi connectivity index (χ3n) is 4.57. The SMILES string of the molecule is O=C(/C=C/c1ccc(O)c(O)c1)OC(O)C1O[C@@]2(C(=O)O)O[C@H]1[C@H](O)[C@@H](O)C2O. The summed E-state index contributed by atoms with van der Waals surface area (Å²) in [6.07, 6.45) is -9.31. The van der Waals surface area contributed by atoms with Crippen molar-refractivity contribution in [3.63, 3.8) is 0 Å². The molecule has 12 nitrogen and oxygen atoms in total. The summed E-state index contributed by atoms with van der Waals surface area (Å²) >= 11 is 0. The fraction of sp³-hybridized carbons (Fsp3) is 0.412. The number of fused-ring (bicyclic) bond motifs is 2. The van der Waals surface area contributed by atoms with E-state index in [9.17, 15) is 45.3 Å². The summed E-state index contributed by atoms with van der Waals surface area (Å²) in [5.74, 6) is -6.45. The quantitative estimate of drug-likeness (QED) is 0.117. The van der Waals surface area contributed by atoms with Gasteiger partial charge in [-0.3, -0.25) is 0 Å². The number of carbonyl (C=O) groups excluding carboxylic acids is 1. The Morgan fingerprint density at radius 2 is 1.79 bits per heavy atom. The van der Waals surface area contributed by atoms with Crippen molar-refractivity contribution in [2.45, 2.75) is 42.6 Å². The molecule has 29 heavy (non-hydrogen) atoms. The van der Waals surface area contributed by atoms with Crippen molar-refractivity contribution in [2.24, 2.45) is 0 Å². The molecule has 2 aliphatic heterocycles. The molecule has 2 saturated heterocycles. The maximum absolute atomic E-state index is 11.9. The summed E-state index contributed by atoms with van der Waals surface area (Å²) in [7, 11) is 0. The highest BCUT2D eigenvalue weighted by Gasteiger charge is 2.68. The van der Waals surface area contributed by atoms with Gasteiger partial charge in [-0.1, -0.05) is 6.07 Å². The van der Waals surface area contributed by atoms with Gasteiger partial charge < -0.3 is 50.0 Å². The van der Waals surface area contributed by atoms with E-state index in [2.05, 4.69) is 0 Å². The number of carboxylic acid groups (broad SMARTS) is 1. The van der Waals surface area contributed by atoms with Gasteiger partial charge in [0.05, 0.1) is 0 Å². The summed E-state index contributed by atoms with van der Waals surface area (Å²) in [5, 5.41) is 67.7. The van der Waals surface area contributed by atoms with Gasteiger partial charge in [0.15, 0.2) is 17.6 Å². The summed E-state index contributed by atoms with van der Waals surface area (Å²) in [5.41, 5.74) is 0.314. The molecule has 0 aromatic heterocycles. The van der Waals surface area contributed by atoms with E-state index >= 15 is 0 Å². The van der Waals surface area contributed by atoms with E-state index in [0.29, 0.717) is 5.56 Å². The Bertz CT molecular complexity index is 838. The van der Waals surface area contributed by atoms with Crippen LogP contribution in [0.4, 0.5) is 0 Å². The predicted octanol–water partition coefficient (Wildman–Crippen LogP) is -2.37. The van der Waals surface area contributed by atoms with Crippen LogP contribution in [-0.2, 0) is 23.8 Å². The zero-order valence-electron chi connectivity index (χ0n) is 14.5. The second-order valence-electron chi connectivity index (χ2n) is 6.47. The molecule has 2 aliphatic rings. The van der Waals surface area contributed by atoms with Crippen molar-refractivity contribution in [3.8, 4) is 11.5 Å². The first-order valence-corrected chi connectivity index (χ1v) is 8.29. The van der Waals surface area contributed by atoms with Gasteiger partial charge in [-0.15, -0.1) is 0 Å². The number of ether oxygens (including phenoxy) is 3. The van der Waals surface area contributed by atoms with Crippen molar-refractivity contribution >= 4 is 18.0 Å². The number of phenols is 2. The number of phenolic OH excluding ortho intramolecular Hbond substituents is 2. The second kappa shape index (κ2) is 7.59. The molecule has 2 fully saturated rings. The highest BCUT2D eigenvalue weighted by molar-refractivity contribution is 5.87. The monoisotopic (exact) mass is 414 g/mol. The van der Waals surface area contributed by atoms with Gasteiger partial charge in [-0.2, -0.15) is 0 Å². The van der Waals surface area contributed by atoms with Gasteiger partial charge in [0, 0.05) is 6.08 Å². The molecule has 3 unspecified atom stereocenters.